The minimum Gasteiger partial charge on any atom is -0.449 e. The van der Waals surface area contributed by atoms with Crippen LogP contribution in [0.2, 0.25) is 5.02 Å². The van der Waals surface area contributed by atoms with Crippen molar-refractivity contribution in [1.29, 1.82) is 0 Å². The second-order valence-corrected chi connectivity index (χ2v) is 8.32. The van der Waals surface area contributed by atoms with Crippen molar-refractivity contribution >= 4 is 38.5 Å². The van der Waals surface area contributed by atoms with Crippen LogP contribution in [0.15, 0.2) is 69.4 Å². The Morgan fingerprint density at radius 2 is 1.97 bits per heavy atom. The zero-order valence-corrected chi connectivity index (χ0v) is 16.4. The number of nitrogens with one attached hydrogen (secondary N) is 1. The molecule has 0 fully saturated rings. The normalized spacial score (nSPS) is 11.5. The van der Waals surface area contributed by atoms with Gasteiger partial charge in [0, 0.05) is 0 Å². The molecule has 30 heavy (non-hydrogen) atoms. The molecule has 0 amide bonds. The van der Waals surface area contributed by atoms with Crippen LogP contribution in [0.4, 0.5) is 4.79 Å². The number of carboxylic acid groups (broad SMARTS) is 1. The van der Waals surface area contributed by atoms with Crippen molar-refractivity contribution in [1.82, 2.24) is 19.7 Å². The molecule has 0 aliphatic rings. The quantitative estimate of drug-likeness (QED) is 0.455. The lowest BCUT2D eigenvalue weighted by atomic mass is 10.2. The van der Waals surface area contributed by atoms with Crippen LogP contribution in [0.25, 0.3) is 16.9 Å². The van der Waals surface area contributed by atoms with Gasteiger partial charge in [-0.2, -0.15) is 5.10 Å². The molecule has 0 saturated carbocycles. The fourth-order valence-electron chi connectivity index (χ4n) is 2.75. The largest absolute Gasteiger partial charge is 0.511 e. The molecule has 12 heteroatoms. The van der Waals surface area contributed by atoms with Crippen molar-refractivity contribution in [3.8, 4) is 11.7 Å². The second kappa shape index (κ2) is 7.28. The van der Waals surface area contributed by atoms with Crippen LogP contribution >= 0.6 is 11.6 Å². The van der Waals surface area contributed by atoms with Gasteiger partial charge in [0.15, 0.2) is 5.75 Å². The predicted molar refractivity (Wildman–Crippen MR) is 105 cm³/mol. The van der Waals surface area contributed by atoms with Gasteiger partial charge in [0.25, 0.3) is 5.56 Å². The third-order valence-corrected chi connectivity index (χ3v) is 6.33. The van der Waals surface area contributed by atoms with Crippen molar-refractivity contribution < 1.29 is 23.1 Å². The van der Waals surface area contributed by atoms with Crippen molar-refractivity contribution in [2.45, 2.75) is 9.79 Å². The molecule has 4 aromatic rings. The van der Waals surface area contributed by atoms with E-state index in [4.69, 9.17) is 16.7 Å². The number of ether oxygens (including phenoxy) is 1. The molecular formula is C18H11ClN4O6S. The maximum absolute atomic E-state index is 13.0. The molecule has 2 heterocycles. The van der Waals surface area contributed by atoms with E-state index in [1.165, 1.54) is 36.5 Å². The number of fused-ring (bicyclic) bond motifs is 1. The first-order chi connectivity index (χ1) is 14.3. The summed E-state index contributed by atoms with van der Waals surface area (Å²) in [6, 6.07) is 9.90. The van der Waals surface area contributed by atoms with Crippen LogP contribution in [0.5, 0.6) is 5.75 Å². The van der Waals surface area contributed by atoms with E-state index in [0.29, 0.717) is 0 Å². The fourth-order valence-corrected chi connectivity index (χ4v) is 4.54. The molecule has 4 rings (SSSR count). The van der Waals surface area contributed by atoms with Gasteiger partial charge >= 0.3 is 6.16 Å². The number of rotatable bonds is 4. The summed E-state index contributed by atoms with van der Waals surface area (Å²) in [7, 11) is -3.95. The fraction of sp³-hybridized carbons (Fsp3) is 0. The van der Waals surface area contributed by atoms with Crippen molar-refractivity contribution in [3.63, 3.8) is 0 Å². The summed E-state index contributed by atoms with van der Waals surface area (Å²) in [5, 5.41) is 12.8. The van der Waals surface area contributed by atoms with Gasteiger partial charge in [0.1, 0.15) is 0 Å². The van der Waals surface area contributed by atoms with E-state index in [-0.39, 0.29) is 37.4 Å². The number of carbonyl (C=O) groups is 1. The minimum atomic E-state index is -3.95. The van der Waals surface area contributed by atoms with E-state index >= 15 is 0 Å². The molecule has 0 atom stereocenters. The summed E-state index contributed by atoms with van der Waals surface area (Å²) in [6.45, 7) is 0. The lowest BCUT2D eigenvalue weighted by Crippen LogP contribution is -2.14. The topological polar surface area (TPSA) is 144 Å². The summed E-state index contributed by atoms with van der Waals surface area (Å²) in [5.41, 5.74) is -0.439. The molecular weight excluding hydrogens is 436 g/mol. The van der Waals surface area contributed by atoms with Crippen molar-refractivity contribution in [3.05, 3.63) is 70.2 Å². The highest BCUT2D eigenvalue weighted by Crippen LogP contribution is 2.28. The molecule has 2 N–H and O–H groups in total. The van der Waals surface area contributed by atoms with Crippen molar-refractivity contribution in [2.75, 3.05) is 0 Å². The number of benzene rings is 2. The van der Waals surface area contributed by atoms with Crippen LogP contribution in [0.3, 0.4) is 0 Å². The highest BCUT2D eigenvalue weighted by molar-refractivity contribution is 7.91. The van der Waals surface area contributed by atoms with Gasteiger partial charge in [0.05, 0.1) is 38.1 Å². The molecule has 0 aliphatic heterocycles. The van der Waals surface area contributed by atoms with E-state index in [9.17, 15) is 18.0 Å². The van der Waals surface area contributed by atoms with Gasteiger partial charge < -0.3 is 9.84 Å². The lowest BCUT2D eigenvalue weighted by molar-refractivity contribution is 0.144. The third kappa shape index (κ3) is 3.51. The predicted octanol–water partition coefficient (Wildman–Crippen LogP) is 2.65. The summed E-state index contributed by atoms with van der Waals surface area (Å²) < 4.78 is 31.5. The smallest absolute Gasteiger partial charge is 0.449 e. The van der Waals surface area contributed by atoms with Crippen molar-refractivity contribution in [2.24, 2.45) is 0 Å². The summed E-state index contributed by atoms with van der Waals surface area (Å²) in [4.78, 5) is 29.6. The van der Waals surface area contributed by atoms with Gasteiger partial charge in [-0.15, -0.1) is 0 Å². The molecule has 152 valence electrons. The minimum absolute atomic E-state index is 0.0555. The van der Waals surface area contributed by atoms with Crippen LogP contribution in [0, 0.1) is 0 Å². The molecule has 0 spiro atoms. The maximum atomic E-state index is 13.0. The number of aromatic amines is 1. The van der Waals surface area contributed by atoms with Gasteiger partial charge in [-0.3, -0.25) is 9.78 Å². The van der Waals surface area contributed by atoms with E-state index in [2.05, 4.69) is 19.8 Å². The van der Waals surface area contributed by atoms with Crippen LogP contribution in [-0.2, 0) is 9.84 Å². The number of hydrogen-bond acceptors (Lipinski definition) is 7. The Morgan fingerprint density at radius 1 is 1.20 bits per heavy atom. The highest BCUT2D eigenvalue weighted by atomic mass is 35.5. The Balaban J connectivity index is 1.83. The first-order valence-corrected chi connectivity index (χ1v) is 10.1. The highest BCUT2D eigenvalue weighted by Gasteiger charge is 2.21. The Hall–Kier alpha value is -3.70. The molecule has 0 bridgehead atoms. The van der Waals surface area contributed by atoms with E-state index in [1.807, 2.05) is 0 Å². The Labute approximate surface area is 173 Å². The van der Waals surface area contributed by atoms with Crippen LogP contribution in [0.1, 0.15) is 0 Å². The SMILES string of the molecule is O=C(O)Oc1cnn(-c2nc3cc(S(=O)(=O)c4ccccc4Cl)ccc3c(=O)[nH]2)c1. The Bertz CT molecular complexity index is 1460. The van der Waals surface area contributed by atoms with E-state index < -0.39 is 21.6 Å². The summed E-state index contributed by atoms with van der Waals surface area (Å²) >= 11 is 6.03. The molecule has 0 radical (unpaired) electrons. The summed E-state index contributed by atoms with van der Waals surface area (Å²) in [5.74, 6) is -0.139. The molecule has 10 nitrogen and oxygen atoms in total. The second-order valence-electron chi connectivity index (χ2n) is 5.99. The van der Waals surface area contributed by atoms with Crippen LogP contribution < -0.4 is 10.3 Å². The average Bonchev–Trinajstić information content (AvgIpc) is 3.15. The molecule has 0 unspecified atom stereocenters. The first-order valence-electron chi connectivity index (χ1n) is 8.25. The van der Waals surface area contributed by atoms with Gasteiger partial charge in [-0.25, -0.2) is 22.9 Å². The number of H-pyrrole nitrogens is 1. The third-order valence-electron chi connectivity index (χ3n) is 4.08. The zero-order chi connectivity index (χ0) is 21.5. The monoisotopic (exact) mass is 446 g/mol. The maximum Gasteiger partial charge on any atom is 0.511 e. The number of sulfone groups is 1. The zero-order valence-electron chi connectivity index (χ0n) is 14.8. The van der Waals surface area contributed by atoms with E-state index in [1.54, 1.807) is 12.1 Å². The average molecular weight is 447 g/mol. The number of aromatic nitrogens is 4. The van der Waals surface area contributed by atoms with Gasteiger partial charge in [-0.05, 0) is 30.3 Å². The first kappa shape index (κ1) is 19.6. The summed E-state index contributed by atoms with van der Waals surface area (Å²) in [6.07, 6.45) is 0.794. The molecule has 0 saturated heterocycles. The standard InChI is InChI=1S/C18H11ClN4O6S/c19-13-3-1-2-4-15(13)30(27,28)11-5-6-12-14(7-11)21-17(22-16(12)24)23-9-10(8-20-23)29-18(25)26/h1-9H,(H,25,26)(H,21,22,24). The van der Waals surface area contributed by atoms with E-state index in [0.717, 1.165) is 10.9 Å². The number of nitrogens with zero attached hydrogens (tertiary/aromatic N) is 3. The molecule has 2 aromatic heterocycles. The van der Waals surface area contributed by atoms with Gasteiger partial charge in [-0.1, -0.05) is 23.7 Å². The van der Waals surface area contributed by atoms with Crippen LogP contribution in [-0.4, -0.2) is 39.4 Å². The number of halogens is 1. The Kier molecular flexibility index (Phi) is 4.76. The number of hydrogen-bond donors (Lipinski definition) is 2. The lowest BCUT2D eigenvalue weighted by Gasteiger charge is -2.08. The molecule has 2 aromatic carbocycles. The van der Waals surface area contributed by atoms with Gasteiger partial charge in [0.2, 0.25) is 15.8 Å². The molecule has 0 aliphatic carbocycles. The Morgan fingerprint density at radius 3 is 2.70 bits per heavy atom.